The first-order valence-corrected chi connectivity index (χ1v) is 14.3. The fraction of sp³-hybridized carbons (Fsp3) is 0.387. The number of carbonyl (C=O) groups excluding carboxylic acids is 1. The molecule has 2 fully saturated rings. The molecule has 1 aromatic heterocycles. The number of hydrogen-bond donors (Lipinski definition) is 1. The first-order chi connectivity index (χ1) is 18.9. The van der Waals surface area contributed by atoms with Gasteiger partial charge in [-0.15, -0.1) is 0 Å². The maximum absolute atomic E-state index is 13.9. The molecular formula is C31H31BrN2O5. The molecule has 8 heteroatoms. The highest BCUT2D eigenvalue weighted by Crippen LogP contribution is 2.52. The largest absolute Gasteiger partial charge is 0.480 e. The predicted molar refractivity (Wildman–Crippen MR) is 149 cm³/mol. The van der Waals surface area contributed by atoms with E-state index in [1.165, 1.54) is 22.3 Å². The number of carboxylic acid groups (broad SMARTS) is 1. The number of aliphatic carboxylic acids is 1. The van der Waals surface area contributed by atoms with E-state index in [0.717, 1.165) is 37.7 Å². The second-order valence-corrected chi connectivity index (χ2v) is 11.6. The quantitative estimate of drug-likeness (QED) is 0.330. The molecule has 39 heavy (non-hydrogen) atoms. The van der Waals surface area contributed by atoms with Crippen LogP contribution in [0.3, 0.4) is 0 Å². The number of halogens is 1. The van der Waals surface area contributed by atoms with Gasteiger partial charge in [-0.05, 0) is 57.1 Å². The Labute approximate surface area is 236 Å². The molecule has 7 nitrogen and oxygen atoms in total. The predicted octanol–water partition coefficient (Wildman–Crippen LogP) is 6.50. The number of carbonyl (C=O) groups is 2. The van der Waals surface area contributed by atoms with Gasteiger partial charge in [-0.2, -0.15) is 0 Å². The Bertz CT molecular complexity index is 1360. The first-order valence-electron chi connectivity index (χ1n) is 13.5. The van der Waals surface area contributed by atoms with Gasteiger partial charge in [0, 0.05) is 29.6 Å². The van der Waals surface area contributed by atoms with Crippen LogP contribution in [0.25, 0.3) is 11.1 Å². The summed E-state index contributed by atoms with van der Waals surface area (Å²) in [7, 11) is 0. The van der Waals surface area contributed by atoms with Crippen LogP contribution in [0.1, 0.15) is 61.1 Å². The second-order valence-electron chi connectivity index (χ2n) is 10.9. The zero-order valence-electron chi connectivity index (χ0n) is 21.6. The van der Waals surface area contributed by atoms with Crippen LogP contribution in [-0.2, 0) is 19.9 Å². The van der Waals surface area contributed by atoms with Crippen LogP contribution in [0.2, 0.25) is 0 Å². The summed E-state index contributed by atoms with van der Waals surface area (Å²) in [6.07, 6.45) is 6.56. The van der Waals surface area contributed by atoms with Crippen molar-refractivity contribution in [2.75, 3.05) is 19.8 Å². The van der Waals surface area contributed by atoms with E-state index in [1.807, 2.05) is 41.3 Å². The van der Waals surface area contributed by atoms with E-state index in [-0.39, 0.29) is 25.2 Å². The van der Waals surface area contributed by atoms with Crippen molar-refractivity contribution in [3.8, 4) is 11.1 Å². The van der Waals surface area contributed by atoms with Crippen molar-refractivity contribution in [2.45, 2.75) is 55.6 Å². The molecule has 1 saturated carbocycles. The van der Waals surface area contributed by atoms with Gasteiger partial charge in [0.2, 0.25) is 0 Å². The van der Waals surface area contributed by atoms with E-state index < -0.39 is 23.7 Å². The fourth-order valence-corrected chi connectivity index (χ4v) is 7.58. The Morgan fingerprint density at radius 1 is 0.974 bits per heavy atom. The molecule has 1 N–H and O–H groups in total. The van der Waals surface area contributed by atoms with Gasteiger partial charge in [-0.1, -0.05) is 73.9 Å². The van der Waals surface area contributed by atoms with Crippen molar-refractivity contribution >= 4 is 28.0 Å². The number of benzene rings is 2. The van der Waals surface area contributed by atoms with Gasteiger partial charge in [-0.25, -0.2) is 14.6 Å². The van der Waals surface area contributed by atoms with Crippen LogP contribution >= 0.6 is 15.9 Å². The summed E-state index contributed by atoms with van der Waals surface area (Å²) in [5, 5.41) is 9.49. The monoisotopic (exact) mass is 590 g/mol. The number of hydrogen-bond acceptors (Lipinski definition) is 5. The molecule has 1 unspecified atom stereocenters. The van der Waals surface area contributed by atoms with Gasteiger partial charge in [0.1, 0.15) is 23.4 Å². The third-order valence-electron chi connectivity index (χ3n) is 8.66. The summed E-state index contributed by atoms with van der Waals surface area (Å²) < 4.78 is 12.9. The van der Waals surface area contributed by atoms with E-state index in [0.29, 0.717) is 11.0 Å². The molecule has 3 aliphatic rings. The van der Waals surface area contributed by atoms with Crippen molar-refractivity contribution in [1.82, 2.24) is 9.88 Å². The van der Waals surface area contributed by atoms with Crippen LogP contribution in [0, 0.1) is 0 Å². The summed E-state index contributed by atoms with van der Waals surface area (Å²) >= 11 is 3.55. The molecule has 202 valence electrons. The topological polar surface area (TPSA) is 89.0 Å². The highest BCUT2D eigenvalue weighted by molar-refractivity contribution is 9.10. The number of likely N-dealkylation sites (tertiary alicyclic amines) is 1. The zero-order valence-corrected chi connectivity index (χ0v) is 23.2. The summed E-state index contributed by atoms with van der Waals surface area (Å²) in [6.45, 7) is -0.0177. The third kappa shape index (κ3) is 4.63. The van der Waals surface area contributed by atoms with Gasteiger partial charge in [-0.3, -0.25) is 4.90 Å². The van der Waals surface area contributed by atoms with E-state index in [4.69, 9.17) is 9.47 Å². The number of rotatable bonds is 6. The molecule has 1 amide bonds. The van der Waals surface area contributed by atoms with Crippen LogP contribution in [0.5, 0.6) is 0 Å². The summed E-state index contributed by atoms with van der Waals surface area (Å²) in [5.74, 6) is -1.08. The van der Waals surface area contributed by atoms with E-state index in [1.54, 1.807) is 6.20 Å². The Balaban J connectivity index is 1.31. The minimum Gasteiger partial charge on any atom is -0.480 e. The number of fused-ring (bicyclic) bond motifs is 3. The van der Waals surface area contributed by atoms with Gasteiger partial charge < -0.3 is 14.6 Å². The molecule has 2 aromatic carbocycles. The van der Waals surface area contributed by atoms with Gasteiger partial charge in [0.05, 0.1) is 6.54 Å². The highest BCUT2D eigenvalue weighted by Gasteiger charge is 2.58. The summed E-state index contributed by atoms with van der Waals surface area (Å²) in [6, 6.07) is 20.3. The smallest absolute Gasteiger partial charge is 0.410 e. The third-order valence-corrected chi connectivity index (χ3v) is 9.30. The number of pyridine rings is 1. The molecular weight excluding hydrogens is 560 g/mol. The molecule has 1 saturated heterocycles. The standard InChI is InChI=1S/C31H31BrN2O5/c32-28-26(13-8-16-33-28)31(39-18-27(35)36)19-30(14-6-1-7-15-30)34(20-31)29(37)38-17-25-23-11-4-2-9-21(23)22-10-3-5-12-24(22)25/h2-5,8-13,16,25H,1,6-7,14-15,17-20H2,(H,35,36). The number of amides is 1. The summed E-state index contributed by atoms with van der Waals surface area (Å²) in [5.41, 5.74) is 3.98. The number of carboxylic acids is 1. The molecule has 1 spiro atoms. The Kier molecular flexibility index (Phi) is 6.93. The highest BCUT2D eigenvalue weighted by atomic mass is 79.9. The second kappa shape index (κ2) is 10.4. The molecule has 0 radical (unpaired) electrons. The molecule has 1 aliphatic heterocycles. The van der Waals surface area contributed by atoms with Gasteiger partial charge in [0.15, 0.2) is 0 Å². The molecule has 0 bridgehead atoms. The first kappa shape index (κ1) is 26.0. The SMILES string of the molecule is O=C(O)COC1(c2cccnc2Br)CN(C(=O)OCC2c3ccccc3-c3ccccc32)C2(CCCCC2)C1. The lowest BCUT2D eigenvalue weighted by Gasteiger charge is -2.40. The minimum absolute atomic E-state index is 0.0354. The lowest BCUT2D eigenvalue weighted by molar-refractivity contribution is -0.150. The van der Waals surface area contributed by atoms with E-state index in [9.17, 15) is 14.7 Å². The van der Waals surface area contributed by atoms with Crippen LogP contribution < -0.4 is 0 Å². The molecule has 1 atom stereocenters. The maximum Gasteiger partial charge on any atom is 0.410 e. The van der Waals surface area contributed by atoms with Crippen molar-refractivity contribution in [3.05, 3.63) is 88.2 Å². The minimum atomic E-state index is -1.05. The van der Waals surface area contributed by atoms with Gasteiger partial charge in [0.25, 0.3) is 0 Å². The molecule has 3 aromatic rings. The zero-order chi connectivity index (χ0) is 27.0. The number of nitrogens with zero attached hydrogens (tertiary/aromatic N) is 2. The van der Waals surface area contributed by atoms with Crippen LogP contribution in [0.15, 0.2) is 71.5 Å². The Morgan fingerprint density at radius 2 is 1.64 bits per heavy atom. The Morgan fingerprint density at radius 3 is 2.28 bits per heavy atom. The normalized spacial score (nSPS) is 21.5. The lowest BCUT2D eigenvalue weighted by atomic mass is 9.76. The van der Waals surface area contributed by atoms with Crippen molar-refractivity contribution in [3.63, 3.8) is 0 Å². The van der Waals surface area contributed by atoms with Crippen LogP contribution in [-0.4, -0.2) is 52.4 Å². The summed E-state index contributed by atoms with van der Waals surface area (Å²) in [4.78, 5) is 31.8. The van der Waals surface area contributed by atoms with Crippen molar-refractivity contribution in [1.29, 1.82) is 0 Å². The molecule has 6 rings (SSSR count). The Hall–Kier alpha value is -3.23. The van der Waals surface area contributed by atoms with E-state index in [2.05, 4.69) is 45.2 Å². The number of ether oxygens (including phenoxy) is 2. The van der Waals surface area contributed by atoms with Crippen LogP contribution in [0.4, 0.5) is 4.79 Å². The average Bonchev–Trinajstić information content (AvgIpc) is 3.44. The van der Waals surface area contributed by atoms with Crippen molar-refractivity contribution < 1.29 is 24.2 Å². The van der Waals surface area contributed by atoms with Crippen molar-refractivity contribution in [2.24, 2.45) is 0 Å². The lowest BCUT2D eigenvalue weighted by Crippen LogP contribution is -2.49. The van der Waals surface area contributed by atoms with E-state index >= 15 is 0 Å². The number of aromatic nitrogens is 1. The maximum atomic E-state index is 13.9. The fourth-order valence-electron chi connectivity index (χ4n) is 6.97. The average molecular weight is 592 g/mol. The molecule has 2 aliphatic carbocycles. The molecule has 2 heterocycles. The van der Waals surface area contributed by atoms with Gasteiger partial charge >= 0.3 is 12.1 Å².